The number of fused-ring (bicyclic) bond motifs is 2. The second-order valence-corrected chi connectivity index (χ2v) is 18.9. The maximum Gasteiger partial charge on any atom is 0.352 e. The first-order chi connectivity index (χ1) is 27.7. The Kier molecular flexibility index (Phi) is 11.7. The molecular formula is C33H38N10O13S3. The standard InChI is InChI=1S/C25H27N9O8S2.C8H11NO5S/c1-3-32-8-9-33(21(39)20(32)38)24(42)27-15(12-4-6-14(35)7-5-12)18(36)26-16-19(37)34-17(23(40)41)13(10-43-22(16)34)11-44-25-28-29-30-31(25)2;1-8(2)6(7(11)12)9-4(10)3-5(9)15(8,13)14/h4-7,15-16,22,35H,3,8-11H2,1-2H3,(H,26,36)(H,27,42)(H,40,41);5-6H,3H2,1-2H3,(H,11,12)/t15?,16-,22-;5-,6+/m11/s1. The lowest BCUT2D eigenvalue weighted by molar-refractivity contribution is -0.157. The van der Waals surface area contributed by atoms with Gasteiger partial charge in [0.2, 0.25) is 17.0 Å². The Morgan fingerprint density at radius 1 is 1.05 bits per heavy atom. The van der Waals surface area contributed by atoms with Gasteiger partial charge in [0.05, 0.1) is 11.2 Å². The van der Waals surface area contributed by atoms with E-state index in [-0.39, 0.29) is 48.0 Å². The molecule has 5 atom stereocenters. The molecule has 1 unspecified atom stereocenters. The number of hydrogen-bond acceptors (Lipinski definition) is 16. The van der Waals surface area contributed by atoms with Gasteiger partial charge in [-0.1, -0.05) is 23.9 Å². The highest BCUT2D eigenvalue weighted by Gasteiger charge is 2.68. The zero-order valence-electron chi connectivity index (χ0n) is 31.7. The highest BCUT2D eigenvalue weighted by atomic mass is 32.2. The molecule has 4 saturated heterocycles. The number of aryl methyl sites for hydroxylation is 1. The molecule has 0 bridgehead atoms. The molecule has 4 fully saturated rings. The third-order valence-electron chi connectivity index (χ3n) is 10.4. The number of tetrazole rings is 1. The Hall–Kier alpha value is -5.76. The maximum atomic E-state index is 13.6. The molecule has 6 heterocycles. The Balaban J connectivity index is 0.000000326. The van der Waals surface area contributed by atoms with Crippen LogP contribution in [-0.4, -0.2) is 170 Å². The number of aromatic hydroxyl groups is 1. The van der Waals surface area contributed by atoms with Gasteiger partial charge in [-0.15, -0.1) is 16.9 Å². The zero-order chi connectivity index (χ0) is 43.3. The van der Waals surface area contributed by atoms with Gasteiger partial charge < -0.3 is 35.8 Å². The number of phenols is 1. The fourth-order valence-electron chi connectivity index (χ4n) is 7.09. The van der Waals surface area contributed by atoms with E-state index in [0.717, 1.165) is 9.80 Å². The lowest BCUT2D eigenvalue weighted by Crippen LogP contribution is -2.71. The number of urea groups is 1. The number of β-lactam (4-membered cyclic amide) rings is 2. The van der Waals surface area contributed by atoms with Gasteiger partial charge in [-0.3, -0.25) is 33.8 Å². The third kappa shape index (κ3) is 7.54. The number of carbonyl (C=O) groups excluding carboxylic acids is 6. The van der Waals surface area contributed by atoms with Crippen molar-refractivity contribution < 1.29 is 62.1 Å². The molecule has 59 heavy (non-hydrogen) atoms. The fraction of sp³-hybridized carbons (Fsp3) is 0.485. The van der Waals surface area contributed by atoms with Crippen LogP contribution in [0.4, 0.5) is 4.79 Å². The number of sulfone groups is 1. The summed E-state index contributed by atoms with van der Waals surface area (Å²) in [5.41, 5.74) is 0.536. The van der Waals surface area contributed by atoms with Gasteiger partial charge in [0, 0.05) is 38.2 Å². The molecule has 5 N–H and O–H groups in total. The number of carboxylic acids is 2. The molecular weight excluding hydrogens is 841 g/mol. The normalized spacial score (nSPS) is 24.5. The Morgan fingerprint density at radius 3 is 2.29 bits per heavy atom. The highest BCUT2D eigenvalue weighted by molar-refractivity contribution is 8.01. The minimum absolute atomic E-state index is 0.0823. The van der Waals surface area contributed by atoms with Crippen molar-refractivity contribution in [3.8, 4) is 5.75 Å². The van der Waals surface area contributed by atoms with Crippen LogP contribution in [0.1, 0.15) is 38.8 Å². The maximum absolute atomic E-state index is 13.6. The number of nitrogens with one attached hydrogen (secondary N) is 2. The predicted octanol–water partition coefficient (Wildman–Crippen LogP) is -1.91. The van der Waals surface area contributed by atoms with Crippen LogP contribution in [0.25, 0.3) is 0 Å². The quantitative estimate of drug-likeness (QED) is 0.0988. The van der Waals surface area contributed by atoms with Crippen LogP contribution in [0.5, 0.6) is 5.75 Å². The van der Waals surface area contributed by atoms with Crippen LogP contribution in [0.15, 0.2) is 40.7 Å². The van der Waals surface area contributed by atoms with E-state index >= 15 is 0 Å². The summed E-state index contributed by atoms with van der Waals surface area (Å²) < 4.78 is 23.8. The van der Waals surface area contributed by atoms with Crippen LogP contribution >= 0.6 is 23.5 Å². The Morgan fingerprint density at radius 2 is 1.73 bits per heavy atom. The lowest BCUT2D eigenvalue weighted by atomic mass is 9.98. The number of likely N-dealkylation sites (N-methyl/N-ethyl adjacent to an activating group) is 1. The van der Waals surface area contributed by atoms with E-state index in [4.69, 9.17) is 5.11 Å². The second-order valence-electron chi connectivity index (χ2n) is 14.2. The Labute approximate surface area is 343 Å². The van der Waals surface area contributed by atoms with Crippen molar-refractivity contribution in [2.24, 2.45) is 7.05 Å². The SMILES string of the molecule is CC1(C)[C@H](C(=O)O)N2C(=O)C[C@H]2S1(=O)=O.CCN1CCN(C(=O)NC(C(=O)N[C@@H]2C(=O)N3C(C(=O)O)=C(CSc4nnnn4C)CS[C@H]23)c2ccc(O)cc2)C(=O)C1=O. The summed E-state index contributed by atoms with van der Waals surface area (Å²) >= 11 is 2.49. The molecule has 7 rings (SSSR count). The summed E-state index contributed by atoms with van der Waals surface area (Å²) in [5, 5.41) is 43.7. The number of piperazine rings is 1. The third-order valence-corrected chi connectivity index (χ3v) is 15.6. The molecule has 5 aliphatic heterocycles. The van der Waals surface area contributed by atoms with Crippen molar-refractivity contribution in [3.63, 3.8) is 0 Å². The van der Waals surface area contributed by atoms with Crippen molar-refractivity contribution in [3.05, 3.63) is 41.1 Å². The van der Waals surface area contributed by atoms with Gasteiger partial charge in [-0.25, -0.2) is 27.5 Å². The van der Waals surface area contributed by atoms with Crippen molar-refractivity contribution in [1.82, 2.24) is 50.4 Å². The van der Waals surface area contributed by atoms with Crippen LogP contribution in [0.2, 0.25) is 0 Å². The Bertz CT molecular complexity index is 2280. The van der Waals surface area contributed by atoms with Gasteiger partial charge in [0.25, 0.3) is 5.91 Å². The lowest BCUT2D eigenvalue weighted by Gasteiger charge is -2.49. The molecule has 5 aliphatic rings. The molecule has 23 nitrogen and oxygen atoms in total. The van der Waals surface area contributed by atoms with Crippen LogP contribution in [0, 0.1) is 0 Å². The number of aromatic nitrogens is 4. The number of rotatable bonds is 10. The van der Waals surface area contributed by atoms with E-state index in [1.54, 1.807) is 14.0 Å². The number of phenolic OH excluding ortho intramolecular Hbond substituents is 1. The second kappa shape index (κ2) is 16.1. The molecule has 1 aromatic carbocycles. The summed E-state index contributed by atoms with van der Waals surface area (Å²) in [7, 11) is -1.93. The topological polar surface area (TPSA) is 312 Å². The monoisotopic (exact) mass is 878 g/mol. The summed E-state index contributed by atoms with van der Waals surface area (Å²) in [6, 6.07) is 0.584. The predicted molar refractivity (Wildman–Crippen MR) is 202 cm³/mol. The number of carboxylic acid groups (broad SMARTS) is 2. The number of hydrogen-bond donors (Lipinski definition) is 5. The largest absolute Gasteiger partial charge is 0.508 e. The first-order valence-electron chi connectivity index (χ1n) is 17.8. The molecule has 316 valence electrons. The van der Waals surface area contributed by atoms with E-state index < -0.39 is 91.0 Å². The number of benzene rings is 1. The number of imide groups is 1. The molecule has 0 spiro atoms. The number of amides is 7. The van der Waals surface area contributed by atoms with Crippen LogP contribution < -0.4 is 10.6 Å². The molecule has 1 aromatic heterocycles. The smallest absolute Gasteiger partial charge is 0.352 e. The van der Waals surface area contributed by atoms with Crippen molar-refractivity contribution in [1.29, 1.82) is 0 Å². The average molecular weight is 879 g/mol. The fourth-order valence-corrected chi connectivity index (χ4v) is 11.6. The van der Waals surface area contributed by atoms with Gasteiger partial charge in [0.15, 0.2) is 9.84 Å². The number of carbonyl (C=O) groups is 8. The van der Waals surface area contributed by atoms with Crippen LogP contribution in [0.3, 0.4) is 0 Å². The van der Waals surface area contributed by atoms with Crippen molar-refractivity contribution >= 4 is 80.9 Å². The van der Waals surface area contributed by atoms with E-state index in [1.165, 1.54) is 71.2 Å². The zero-order valence-corrected chi connectivity index (χ0v) is 34.1. The first kappa shape index (κ1) is 42.8. The molecule has 0 saturated carbocycles. The molecule has 26 heteroatoms. The van der Waals surface area contributed by atoms with E-state index in [2.05, 4.69) is 26.2 Å². The summed E-state index contributed by atoms with van der Waals surface area (Å²) in [4.78, 5) is 103. The summed E-state index contributed by atoms with van der Waals surface area (Å²) in [6.45, 7) is 4.75. The number of nitrogens with zero attached hydrogens (tertiary/aromatic N) is 8. The minimum atomic E-state index is -3.57. The summed E-state index contributed by atoms with van der Waals surface area (Å²) in [5.74, 6) is -5.93. The van der Waals surface area contributed by atoms with E-state index in [0.29, 0.717) is 22.2 Å². The molecule has 0 radical (unpaired) electrons. The van der Waals surface area contributed by atoms with Crippen molar-refractivity contribution in [2.75, 3.05) is 31.1 Å². The van der Waals surface area contributed by atoms with Gasteiger partial charge in [-0.05, 0) is 54.5 Å². The number of thioether (sulfide) groups is 2. The molecule has 0 aliphatic carbocycles. The summed E-state index contributed by atoms with van der Waals surface area (Å²) in [6.07, 6.45) is -0.0878. The molecule has 7 amide bonds. The van der Waals surface area contributed by atoms with Crippen LogP contribution in [-0.2, 0) is 50.4 Å². The molecule has 2 aromatic rings. The van der Waals surface area contributed by atoms with Crippen molar-refractivity contribution in [2.45, 2.75) is 66.0 Å². The highest BCUT2D eigenvalue weighted by Crippen LogP contribution is 2.46. The first-order valence-corrected chi connectivity index (χ1v) is 21.3. The van der Waals surface area contributed by atoms with E-state index in [1.807, 2.05) is 0 Å². The average Bonchev–Trinajstić information content (AvgIpc) is 3.65. The van der Waals surface area contributed by atoms with E-state index in [9.17, 15) is 57.0 Å². The number of aliphatic carboxylic acids is 2. The van der Waals surface area contributed by atoms with Gasteiger partial charge >= 0.3 is 29.8 Å². The van der Waals surface area contributed by atoms with Gasteiger partial charge in [0.1, 0.15) is 40.3 Å². The minimum Gasteiger partial charge on any atom is -0.508 e. The van der Waals surface area contributed by atoms with Gasteiger partial charge in [-0.2, -0.15) is 0 Å².